The van der Waals surface area contributed by atoms with Crippen LogP contribution >= 0.6 is 11.3 Å². The number of thiophene rings is 1. The minimum absolute atomic E-state index is 0.242. The van der Waals surface area contributed by atoms with Crippen LogP contribution in [0.25, 0.3) is 34.0 Å². The van der Waals surface area contributed by atoms with Gasteiger partial charge in [-0.3, -0.25) is 4.79 Å². The molecular formula is C27H21N5OS. The van der Waals surface area contributed by atoms with Crippen molar-refractivity contribution < 1.29 is 4.79 Å². The van der Waals surface area contributed by atoms with Crippen molar-refractivity contribution in [3.05, 3.63) is 108 Å². The molecule has 1 amide bonds. The van der Waals surface area contributed by atoms with E-state index in [2.05, 4.69) is 15.6 Å². The number of benzene rings is 3. The van der Waals surface area contributed by atoms with Crippen molar-refractivity contribution in [3.63, 3.8) is 0 Å². The number of anilines is 2. The third kappa shape index (κ3) is 4.79. The predicted octanol–water partition coefficient (Wildman–Crippen LogP) is 6.14. The third-order valence-corrected chi connectivity index (χ3v) is 6.18. The summed E-state index contributed by atoms with van der Waals surface area (Å²) in [5.41, 5.74) is 11.3. The first-order valence-electron chi connectivity index (χ1n) is 10.7. The molecule has 3 N–H and O–H groups in total. The highest BCUT2D eigenvalue weighted by Gasteiger charge is 2.12. The SMILES string of the molecule is Nc1ccc(-c2cccs2)cc1NC(=O)c1cccc(-c2cn(/C=C/c3ccccc3)nn2)c1. The molecule has 0 bridgehead atoms. The molecule has 0 saturated heterocycles. The van der Waals surface area contributed by atoms with E-state index in [0.29, 0.717) is 22.6 Å². The average Bonchev–Trinajstić information content (AvgIpc) is 3.58. The van der Waals surface area contributed by atoms with Crippen molar-refractivity contribution in [2.24, 2.45) is 0 Å². The van der Waals surface area contributed by atoms with Gasteiger partial charge in [-0.1, -0.05) is 59.8 Å². The number of nitrogens with one attached hydrogen (secondary N) is 1. The van der Waals surface area contributed by atoms with E-state index in [9.17, 15) is 4.79 Å². The van der Waals surface area contributed by atoms with E-state index in [0.717, 1.165) is 21.6 Å². The summed E-state index contributed by atoms with van der Waals surface area (Å²) < 4.78 is 1.64. The molecule has 2 aromatic heterocycles. The van der Waals surface area contributed by atoms with Gasteiger partial charge < -0.3 is 11.1 Å². The Morgan fingerprint density at radius 2 is 1.82 bits per heavy atom. The van der Waals surface area contributed by atoms with Crippen LogP contribution in [0.3, 0.4) is 0 Å². The summed E-state index contributed by atoms with van der Waals surface area (Å²) in [7, 11) is 0. The zero-order chi connectivity index (χ0) is 23.3. The number of hydrogen-bond acceptors (Lipinski definition) is 5. The van der Waals surface area contributed by atoms with E-state index in [1.807, 2.05) is 96.6 Å². The molecule has 3 aromatic carbocycles. The van der Waals surface area contributed by atoms with Crippen LogP contribution in [-0.4, -0.2) is 20.9 Å². The first-order chi connectivity index (χ1) is 16.7. The third-order valence-electron chi connectivity index (χ3n) is 5.26. The van der Waals surface area contributed by atoms with E-state index >= 15 is 0 Å². The number of carbonyl (C=O) groups is 1. The molecule has 0 saturated carbocycles. The number of amides is 1. The first-order valence-corrected chi connectivity index (χ1v) is 11.5. The van der Waals surface area contributed by atoms with Gasteiger partial charge in [0.2, 0.25) is 0 Å². The Morgan fingerprint density at radius 3 is 2.65 bits per heavy atom. The van der Waals surface area contributed by atoms with Gasteiger partial charge in [0.05, 0.1) is 17.6 Å². The van der Waals surface area contributed by atoms with Crippen LogP contribution in [0.2, 0.25) is 0 Å². The summed E-state index contributed by atoms with van der Waals surface area (Å²) in [6.07, 6.45) is 5.61. The largest absolute Gasteiger partial charge is 0.397 e. The van der Waals surface area contributed by atoms with Gasteiger partial charge in [-0.2, -0.15) is 0 Å². The second-order valence-electron chi connectivity index (χ2n) is 7.62. The van der Waals surface area contributed by atoms with E-state index < -0.39 is 0 Å². The Balaban J connectivity index is 1.34. The van der Waals surface area contributed by atoms with Gasteiger partial charge >= 0.3 is 0 Å². The van der Waals surface area contributed by atoms with Gasteiger partial charge in [-0.15, -0.1) is 16.4 Å². The monoisotopic (exact) mass is 463 g/mol. The molecule has 7 heteroatoms. The number of nitrogen functional groups attached to an aromatic ring is 1. The molecule has 5 aromatic rings. The highest BCUT2D eigenvalue weighted by Crippen LogP contribution is 2.30. The molecule has 34 heavy (non-hydrogen) atoms. The zero-order valence-electron chi connectivity index (χ0n) is 18.1. The van der Waals surface area contributed by atoms with Gasteiger partial charge in [0.25, 0.3) is 5.91 Å². The summed E-state index contributed by atoms with van der Waals surface area (Å²) in [5, 5.41) is 13.4. The van der Waals surface area contributed by atoms with Crippen LogP contribution in [0, 0.1) is 0 Å². The van der Waals surface area contributed by atoms with Crippen LogP contribution in [0.1, 0.15) is 15.9 Å². The highest BCUT2D eigenvalue weighted by molar-refractivity contribution is 7.13. The van der Waals surface area contributed by atoms with Gasteiger partial charge in [-0.25, -0.2) is 4.68 Å². The Labute approximate surface area is 201 Å². The van der Waals surface area contributed by atoms with Gasteiger partial charge in [0, 0.05) is 22.2 Å². The number of hydrogen-bond donors (Lipinski definition) is 2. The maximum absolute atomic E-state index is 13.0. The van der Waals surface area contributed by atoms with Gasteiger partial charge in [0.1, 0.15) is 5.69 Å². The second kappa shape index (κ2) is 9.56. The molecule has 0 radical (unpaired) electrons. The maximum atomic E-state index is 13.0. The van der Waals surface area contributed by atoms with Crippen molar-refractivity contribution in [2.45, 2.75) is 0 Å². The Bertz CT molecular complexity index is 1460. The molecule has 0 aliphatic rings. The summed E-state index contributed by atoms with van der Waals surface area (Å²) in [4.78, 5) is 14.1. The Morgan fingerprint density at radius 1 is 0.941 bits per heavy atom. The summed E-state index contributed by atoms with van der Waals surface area (Å²) in [5.74, 6) is -0.242. The maximum Gasteiger partial charge on any atom is 0.255 e. The van der Waals surface area contributed by atoms with E-state index in [1.54, 1.807) is 28.2 Å². The topological polar surface area (TPSA) is 85.8 Å². The van der Waals surface area contributed by atoms with Crippen molar-refractivity contribution in [1.29, 1.82) is 0 Å². The molecule has 0 spiro atoms. The number of aromatic nitrogens is 3. The fourth-order valence-corrected chi connectivity index (χ4v) is 4.21. The van der Waals surface area contributed by atoms with Crippen LogP contribution < -0.4 is 11.1 Å². The normalized spacial score (nSPS) is 11.1. The number of nitrogens with zero attached hydrogens (tertiary/aromatic N) is 3. The van der Waals surface area contributed by atoms with Crippen molar-refractivity contribution in [3.8, 4) is 21.7 Å². The molecule has 5 rings (SSSR count). The minimum atomic E-state index is -0.242. The number of rotatable bonds is 6. The molecule has 2 heterocycles. The van der Waals surface area contributed by atoms with Crippen LogP contribution in [-0.2, 0) is 0 Å². The van der Waals surface area contributed by atoms with Crippen molar-refractivity contribution >= 4 is 40.9 Å². The molecule has 0 aliphatic heterocycles. The van der Waals surface area contributed by atoms with E-state index in [-0.39, 0.29) is 5.91 Å². The molecule has 0 fully saturated rings. The lowest BCUT2D eigenvalue weighted by Crippen LogP contribution is -2.13. The lowest BCUT2D eigenvalue weighted by atomic mass is 10.1. The number of nitrogens with two attached hydrogens (primary N) is 1. The molecule has 166 valence electrons. The quantitative estimate of drug-likeness (QED) is 0.296. The molecular weight excluding hydrogens is 442 g/mol. The summed E-state index contributed by atoms with van der Waals surface area (Å²) in [6, 6.07) is 26.9. The Hall–Kier alpha value is -4.49. The minimum Gasteiger partial charge on any atom is -0.397 e. The smallest absolute Gasteiger partial charge is 0.255 e. The Kier molecular flexibility index (Phi) is 6.01. The molecule has 0 unspecified atom stereocenters. The standard InChI is InChI=1S/C27H21N5OS/c28-23-12-11-21(26-10-5-15-34-26)17-24(23)29-27(33)22-9-4-8-20(16-22)25-18-32(31-30-25)14-13-19-6-2-1-3-7-19/h1-18H,28H2,(H,29,33)/b14-13+. The predicted molar refractivity (Wildman–Crippen MR) is 139 cm³/mol. The lowest BCUT2D eigenvalue weighted by molar-refractivity contribution is 0.102. The first kappa shape index (κ1) is 21.4. The van der Waals surface area contributed by atoms with Gasteiger partial charge in [0.15, 0.2) is 0 Å². The van der Waals surface area contributed by atoms with Gasteiger partial charge in [-0.05, 0) is 52.9 Å². The second-order valence-corrected chi connectivity index (χ2v) is 8.57. The van der Waals surface area contributed by atoms with E-state index in [1.165, 1.54) is 0 Å². The number of carbonyl (C=O) groups excluding carboxylic acids is 1. The fourth-order valence-electron chi connectivity index (χ4n) is 3.48. The summed E-state index contributed by atoms with van der Waals surface area (Å²) in [6.45, 7) is 0. The van der Waals surface area contributed by atoms with E-state index in [4.69, 9.17) is 5.73 Å². The fraction of sp³-hybridized carbons (Fsp3) is 0. The lowest BCUT2D eigenvalue weighted by Gasteiger charge is -2.10. The highest BCUT2D eigenvalue weighted by atomic mass is 32.1. The molecule has 0 atom stereocenters. The zero-order valence-corrected chi connectivity index (χ0v) is 18.9. The van der Waals surface area contributed by atoms with Crippen LogP contribution in [0.5, 0.6) is 0 Å². The average molecular weight is 464 g/mol. The van der Waals surface area contributed by atoms with Crippen LogP contribution in [0.4, 0.5) is 11.4 Å². The van der Waals surface area contributed by atoms with Crippen molar-refractivity contribution in [1.82, 2.24) is 15.0 Å². The molecule has 0 aliphatic carbocycles. The van der Waals surface area contributed by atoms with Crippen molar-refractivity contribution in [2.75, 3.05) is 11.1 Å². The van der Waals surface area contributed by atoms with Crippen LogP contribution in [0.15, 0.2) is 96.5 Å². The molecule has 6 nitrogen and oxygen atoms in total. The summed E-state index contributed by atoms with van der Waals surface area (Å²) >= 11 is 1.64.